The number of nitrogens with zero attached hydrogens (tertiary/aromatic N) is 1. The maximum atomic E-state index is 12.6. The Hall–Kier alpha value is -1.50. The Morgan fingerprint density at radius 1 is 1.47 bits per heavy atom. The molecule has 0 saturated carbocycles. The third kappa shape index (κ3) is 4.59. The van der Waals surface area contributed by atoms with E-state index in [1.165, 1.54) is 12.1 Å². The minimum absolute atomic E-state index is 0.0947. The summed E-state index contributed by atoms with van der Waals surface area (Å²) >= 11 is 4.57. The summed E-state index contributed by atoms with van der Waals surface area (Å²) in [5, 5.41) is 2.56. The number of hydrogen-bond acceptors (Lipinski definition) is 3. The second kappa shape index (κ2) is 6.60. The zero-order valence-electron chi connectivity index (χ0n) is 10.2. The molecule has 0 radical (unpaired) electrons. The van der Waals surface area contributed by atoms with Crippen molar-refractivity contribution in [2.24, 2.45) is 4.36 Å². The van der Waals surface area contributed by atoms with Gasteiger partial charge in [0.15, 0.2) is 0 Å². The van der Waals surface area contributed by atoms with Gasteiger partial charge in [0.2, 0.25) is 5.91 Å². The summed E-state index contributed by atoms with van der Waals surface area (Å²) in [6, 6.07) is 4.13. The van der Waals surface area contributed by atoms with Gasteiger partial charge in [-0.05, 0) is 17.7 Å². The summed E-state index contributed by atoms with van der Waals surface area (Å²) in [6.45, 7) is 1.77. The summed E-state index contributed by atoms with van der Waals surface area (Å²) < 4.78 is 41.3. The standard InChI is InChI=1S/C12H13F3N2OS/c1-2-11(18)16-7-10(17-19)8-4-3-5-9(6-8)12(13,14)15/h3-6,10H,2,7H2,1H3,(H,16,18). The Kier molecular flexibility index (Phi) is 5.41. The van der Waals surface area contributed by atoms with Crippen molar-refractivity contribution in [3.8, 4) is 0 Å². The molecule has 1 aromatic rings. The molecule has 104 valence electrons. The molecule has 1 amide bonds. The van der Waals surface area contributed by atoms with Crippen LogP contribution in [-0.4, -0.2) is 12.5 Å². The number of halogens is 3. The monoisotopic (exact) mass is 290 g/mol. The molecule has 0 spiro atoms. The number of nitrogens with one attached hydrogen (secondary N) is 1. The number of hydrogen-bond donors (Lipinski definition) is 1. The summed E-state index contributed by atoms with van der Waals surface area (Å²) in [4.78, 5) is 11.1. The number of benzene rings is 1. The number of carbonyl (C=O) groups is 1. The van der Waals surface area contributed by atoms with Crippen molar-refractivity contribution < 1.29 is 18.0 Å². The number of rotatable bonds is 5. The minimum Gasteiger partial charge on any atom is -0.354 e. The summed E-state index contributed by atoms with van der Waals surface area (Å²) in [5.74, 6) is -0.198. The SMILES string of the molecule is CCC(=O)NCC(N=S)c1cccc(C(F)(F)F)c1. The van der Waals surface area contributed by atoms with Crippen LogP contribution in [0.1, 0.15) is 30.5 Å². The summed E-state index contributed by atoms with van der Waals surface area (Å²) in [5.41, 5.74) is -0.420. The fraction of sp³-hybridized carbons (Fsp3) is 0.417. The maximum absolute atomic E-state index is 12.6. The van der Waals surface area contributed by atoms with Gasteiger partial charge in [-0.2, -0.15) is 13.2 Å². The predicted molar refractivity (Wildman–Crippen MR) is 67.3 cm³/mol. The van der Waals surface area contributed by atoms with Crippen molar-refractivity contribution >= 4 is 18.3 Å². The van der Waals surface area contributed by atoms with Gasteiger partial charge in [0, 0.05) is 25.4 Å². The van der Waals surface area contributed by atoms with Gasteiger partial charge in [-0.3, -0.25) is 4.79 Å². The highest BCUT2D eigenvalue weighted by Gasteiger charge is 2.30. The molecule has 1 aromatic carbocycles. The molecule has 1 unspecified atom stereocenters. The van der Waals surface area contributed by atoms with E-state index < -0.39 is 17.8 Å². The molecule has 0 aliphatic heterocycles. The zero-order chi connectivity index (χ0) is 14.5. The molecule has 3 nitrogen and oxygen atoms in total. The number of carbonyl (C=O) groups excluding carboxylic acids is 1. The quantitative estimate of drug-likeness (QED) is 0.905. The summed E-state index contributed by atoms with van der Waals surface area (Å²) in [6.07, 6.45) is -4.11. The van der Waals surface area contributed by atoms with Gasteiger partial charge in [0.05, 0.1) is 5.56 Å². The van der Waals surface area contributed by atoms with E-state index in [9.17, 15) is 18.0 Å². The Bertz CT molecular complexity index is 463. The Balaban J connectivity index is 2.87. The molecule has 1 atom stereocenters. The second-order valence-corrected chi connectivity index (χ2v) is 4.11. The molecule has 0 saturated heterocycles. The van der Waals surface area contributed by atoms with Crippen LogP contribution in [0, 0.1) is 0 Å². The fourth-order valence-corrected chi connectivity index (χ4v) is 1.67. The van der Waals surface area contributed by atoms with Gasteiger partial charge < -0.3 is 5.32 Å². The summed E-state index contributed by atoms with van der Waals surface area (Å²) in [7, 11) is 0. The van der Waals surface area contributed by atoms with E-state index in [1.54, 1.807) is 6.92 Å². The molecular formula is C12H13F3N2OS. The van der Waals surface area contributed by atoms with Crippen LogP contribution in [-0.2, 0) is 23.4 Å². The van der Waals surface area contributed by atoms with Crippen molar-refractivity contribution in [1.82, 2.24) is 5.32 Å². The van der Waals surface area contributed by atoms with E-state index in [0.717, 1.165) is 12.1 Å². The minimum atomic E-state index is -4.41. The fourth-order valence-electron chi connectivity index (χ4n) is 1.47. The topological polar surface area (TPSA) is 41.5 Å². The van der Waals surface area contributed by atoms with Crippen LogP contribution in [0.25, 0.3) is 0 Å². The van der Waals surface area contributed by atoms with Crippen LogP contribution in [0.5, 0.6) is 0 Å². The Morgan fingerprint density at radius 2 is 2.16 bits per heavy atom. The van der Waals surface area contributed by atoms with Crippen LogP contribution < -0.4 is 5.32 Å². The number of amides is 1. The first kappa shape index (κ1) is 15.6. The lowest BCUT2D eigenvalue weighted by Gasteiger charge is -2.14. The predicted octanol–water partition coefficient (Wildman–Crippen LogP) is 3.00. The second-order valence-electron chi connectivity index (χ2n) is 3.90. The molecule has 19 heavy (non-hydrogen) atoms. The normalized spacial score (nSPS) is 12.8. The van der Waals surface area contributed by atoms with Gasteiger partial charge in [-0.15, -0.1) is 0 Å². The van der Waals surface area contributed by atoms with Crippen LogP contribution in [0.4, 0.5) is 13.2 Å². The highest BCUT2D eigenvalue weighted by atomic mass is 32.1. The van der Waals surface area contributed by atoms with Gasteiger partial charge in [-0.1, -0.05) is 19.1 Å². The van der Waals surface area contributed by atoms with Crippen molar-refractivity contribution in [1.29, 1.82) is 0 Å². The lowest BCUT2D eigenvalue weighted by molar-refractivity contribution is -0.137. The first-order chi connectivity index (χ1) is 8.88. The van der Waals surface area contributed by atoms with E-state index in [4.69, 9.17) is 0 Å². The molecule has 1 rings (SSSR count). The lowest BCUT2D eigenvalue weighted by atomic mass is 10.0. The van der Waals surface area contributed by atoms with E-state index >= 15 is 0 Å². The lowest BCUT2D eigenvalue weighted by Crippen LogP contribution is -2.27. The van der Waals surface area contributed by atoms with E-state index in [2.05, 4.69) is 22.1 Å². The molecule has 0 aromatic heterocycles. The molecule has 7 heteroatoms. The molecule has 1 N–H and O–H groups in total. The van der Waals surface area contributed by atoms with Crippen LogP contribution in [0.15, 0.2) is 28.6 Å². The van der Waals surface area contributed by atoms with Gasteiger partial charge in [-0.25, -0.2) is 4.36 Å². The van der Waals surface area contributed by atoms with Crippen LogP contribution in [0.3, 0.4) is 0 Å². The van der Waals surface area contributed by atoms with E-state index in [0.29, 0.717) is 12.0 Å². The molecule has 0 bridgehead atoms. The van der Waals surface area contributed by atoms with Crippen molar-refractivity contribution in [2.45, 2.75) is 25.6 Å². The molecule has 0 aliphatic rings. The highest BCUT2D eigenvalue weighted by Crippen LogP contribution is 2.31. The van der Waals surface area contributed by atoms with E-state index in [1.807, 2.05) is 0 Å². The van der Waals surface area contributed by atoms with Crippen LogP contribution >= 0.6 is 0 Å². The van der Waals surface area contributed by atoms with Gasteiger partial charge in [0.25, 0.3) is 0 Å². The first-order valence-corrected chi connectivity index (χ1v) is 6.01. The Labute approximate surface area is 114 Å². The zero-order valence-corrected chi connectivity index (χ0v) is 11.0. The van der Waals surface area contributed by atoms with Crippen LogP contribution in [0.2, 0.25) is 0 Å². The molecule has 0 heterocycles. The van der Waals surface area contributed by atoms with Gasteiger partial charge >= 0.3 is 6.18 Å². The average Bonchev–Trinajstić information content (AvgIpc) is 2.38. The van der Waals surface area contributed by atoms with Crippen molar-refractivity contribution in [3.63, 3.8) is 0 Å². The van der Waals surface area contributed by atoms with E-state index in [-0.39, 0.29) is 12.5 Å². The highest BCUT2D eigenvalue weighted by molar-refractivity contribution is 7.47. The first-order valence-electron chi connectivity index (χ1n) is 5.64. The van der Waals surface area contributed by atoms with Gasteiger partial charge in [0.1, 0.15) is 6.04 Å². The average molecular weight is 290 g/mol. The largest absolute Gasteiger partial charge is 0.416 e. The number of alkyl halides is 3. The van der Waals surface area contributed by atoms with Crippen molar-refractivity contribution in [3.05, 3.63) is 35.4 Å². The Morgan fingerprint density at radius 3 is 2.68 bits per heavy atom. The molecule has 0 fully saturated rings. The van der Waals surface area contributed by atoms with Crippen molar-refractivity contribution in [2.75, 3.05) is 6.54 Å². The third-order valence-corrected chi connectivity index (χ3v) is 2.79. The molecule has 0 aliphatic carbocycles. The molecular weight excluding hydrogens is 277 g/mol. The third-order valence-electron chi connectivity index (χ3n) is 2.54. The maximum Gasteiger partial charge on any atom is 0.416 e. The smallest absolute Gasteiger partial charge is 0.354 e.